The van der Waals surface area contributed by atoms with E-state index in [4.69, 9.17) is 0 Å². The number of nitrogens with one attached hydrogen (secondary N) is 3. The number of rotatable bonds is 4. The van der Waals surface area contributed by atoms with Crippen molar-refractivity contribution in [1.82, 2.24) is 20.5 Å². The molecule has 1 aromatic carbocycles. The molecule has 1 aliphatic carbocycles. The second-order valence-electron chi connectivity index (χ2n) is 6.15. The Kier molecular flexibility index (Phi) is 3.61. The van der Waals surface area contributed by atoms with E-state index in [1.807, 2.05) is 30.5 Å². The summed E-state index contributed by atoms with van der Waals surface area (Å²) >= 11 is 0. The fraction of sp³-hybridized carbons (Fsp3) is 0.333. The Morgan fingerprint density at radius 1 is 1.22 bits per heavy atom. The van der Waals surface area contributed by atoms with Crippen LogP contribution >= 0.6 is 0 Å². The van der Waals surface area contributed by atoms with Gasteiger partial charge in [0.05, 0.1) is 18.7 Å². The molecule has 2 aromatic heterocycles. The number of benzene rings is 1. The van der Waals surface area contributed by atoms with E-state index in [2.05, 4.69) is 20.5 Å². The van der Waals surface area contributed by atoms with Crippen LogP contribution in [0.2, 0.25) is 0 Å². The van der Waals surface area contributed by atoms with E-state index in [-0.39, 0.29) is 5.91 Å². The molecule has 4 rings (SSSR count). The number of H-pyrrole nitrogens is 2. The zero-order chi connectivity index (χ0) is 15.6. The standard InChI is InChI=1S/C18H20N4O/c23-18(9-12-10-19-15-7-3-1-5-13(12)15)20-11-17-14-6-2-4-8-16(14)21-22-17/h1,3,5,7,10,19H,2,4,6,8-9,11H2,(H,20,23)(H,21,22). The van der Waals surface area contributed by atoms with Gasteiger partial charge in [-0.3, -0.25) is 9.89 Å². The van der Waals surface area contributed by atoms with E-state index in [1.165, 1.54) is 24.1 Å². The smallest absolute Gasteiger partial charge is 0.224 e. The highest BCUT2D eigenvalue weighted by atomic mass is 16.1. The van der Waals surface area contributed by atoms with Gasteiger partial charge < -0.3 is 10.3 Å². The summed E-state index contributed by atoms with van der Waals surface area (Å²) in [7, 11) is 0. The van der Waals surface area contributed by atoms with Crippen molar-refractivity contribution in [2.75, 3.05) is 0 Å². The number of amides is 1. The van der Waals surface area contributed by atoms with Crippen LogP contribution in [0.15, 0.2) is 30.5 Å². The van der Waals surface area contributed by atoms with Crippen molar-refractivity contribution in [1.29, 1.82) is 0 Å². The lowest BCUT2D eigenvalue weighted by Gasteiger charge is -2.11. The molecule has 0 spiro atoms. The maximum atomic E-state index is 12.3. The molecule has 3 aromatic rings. The van der Waals surface area contributed by atoms with Crippen molar-refractivity contribution < 1.29 is 4.79 Å². The lowest BCUT2D eigenvalue weighted by atomic mass is 9.96. The number of carbonyl (C=O) groups excluding carboxylic acids is 1. The van der Waals surface area contributed by atoms with E-state index in [0.29, 0.717) is 13.0 Å². The highest BCUT2D eigenvalue weighted by Gasteiger charge is 2.17. The molecule has 0 radical (unpaired) electrons. The first-order chi connectivity index (χ1) is 11.3. The molecule has 0 atom stereocenters. The first kappa shape index (κ1) is 14.1. The van der Waals surface area contributed by atoms with Gasteiger partial charge in [-0.25, -0.2) is 0 Å². The Labute approximate surface area is 134 Å². The molecule has 0 unspecified atom stereocenters. The summed E-state index contributed by atoms with van der Waals surface area (Å²) in [5.74, 6) is 0.0299. The predicted octanol–water partition coefficient (Wildman–Crippen LogP) is 2.63. The van der Waals surface area contributed by atoms with Gasteiger partial charge in [-0.1, -0.05) is 18.2 Å². The maximum Gasteiger partial charge on any atom is 0.224 e. The monoisotopic (exact) mass is 308 g/mol. The average molecular weight is 308 g/mol. The third-order valence-corrected chi connectivity index (χ3v) is 4.62. The number of carbonyl (C=O) groups is 1. The van der Waals surface area contributed by atoms with Crippen molar-refractivity contribution in [3.8, 4) is 0 Å². The molecule has 3 N–H and O–H groups in total. The molecular weight excluding hydrogens is 288 g/mol. The van der Waals surface area contributed by atoms with E-state index in [0.717, 1.165) is 35.0 Å². The lowest BCUT2D eigenvalue weighted by molar-refractivity contribution is -0.120. The fourth-order valence-electron chi connectivity index (χ4n) is 3.39. The normalized spacial score (nSPS) is 13.9. The molecule has 0 fully saturated rings. The van der Waals surface area contributed by atoms with E-state index in [1.54, 1.807) is 0 Å². The summed E-state index contributed by atoms with van der Waals surface area (Å²) in [6.45, 7) is 0.507. The van der Waals surface area contributed by atoms with Gasteiger partial charge in [-0.15, -0.1) is 0 Å². The van der Waals surface area contributed by atoms with Crippen LogP contribution in [0.3, 0.4) is 0 Å². The number of para-hydroxylation sites is 1. The molecule has 2 heterocycles. The van der Waals surface area contributed by atoms with Crippen LogP contribution in [0.5, 0.6) is 0 Å². The largest absolute Gasteiger partial charge is 0.361 e. The molecule has 23 heavy (non-hydrogen) atoms. The third-order valence-electron chi connectivity index (χ3n) is 4.62. The van der Waals surface area contributed by atoms with Crippen molar-refractivity contribution in [3.05, 3.63) is 53.0 Å². The van der Waals surface area contributed by atoms with Gasteiger partial charge >= 0.3 is 0 Å². The van der Waals surface area contributed by atoms with Crippen LogP contribution in [-0.2, 0) is 30.6 Å². The van der Waals surface area contributed by atoms with E-state index >= 15 is 0 Å². The Balaban J connectivity index is 1.42. The topological polar surface area (TPSA) is 73.6 Å². The molecule has 0 bridgehead atoms. The van der Waals surface area contributed by atoms with E-state index < -0.39 is 0 Å². The summed E-state index contributed by atoms with van der Waals surface area (Å²) in [5.41, 5.74) is 5.64. The number of nitrogens with zero attached hydrogens (tertiary/aromatic N) is 1. The first-order valence-corrected chi connectivity index (χ1v) is 8.18. The molecule has 5 nitrogen and oxygen atoms in total. The zero-order valence-corrected chi connectivity index (χ0v) is 13.0. The maximum absolute atomic E-state index is 12.3. The Bertz CT molecular complexity index is 846. The van der Waals surface area contributed by atoms with Crippen LogP contribution in [0.4, 0.5) is 0 Å². The molecule has 118 valence electrons. The third kappa shape index (κ3) is 2.74. The van der Waals surface area contributed by atoms with Crippen LogP contribution in [0.25, 0.3) is 10.9 Å². The van der Waals surface area contributed by atoms with Crippen molar-refractivity contribution in [2.45, 2.75) is 38.6 Å². The average Bonchev–Trinajstić information content (AvgIpc) is 3.18. The first-order valence-electron chi connectivity index (χ1n) is 8.18. The second-order valence-corrected chi connectivity index (χ2v) is 6.15. The summed E-state index contributed by atoms with van der Waals surface area (Å²) in [4.78, 5) is 15.5. The molecule has 0 saturated carbocycles. The minimum atomic E-state index is 0.0299. The minimum absolute atomic E-state index is 0.0299. The number of aromatic amines is 2. The highest BCUT2D eigenvalue weighted by molar-refractivity contribution is 5.88. The lowest BCUT2D eigenvalue weighted by Crippen LogP contribution is -2.25. The Morgan fingerprint density at radius 3 is 3.04 bits per heavy atom. The number of hydrogen-bond acceptors (Lipinski definition) is 2. The van der Waals surface area contributed by atoms with Crippen molar-refractivity contribution >= 4 is 16.8 Å². The number of aryl methyl sites for hydroxylation is 1. The second kappa shape index (κ2) is 5.91. The van der Waals surface area contributed by atoms with Crippen LogP contribution < -0.4 is 5.32 Å². The molecule has 0 saturated heterocycles. The predicted molar refractivity (Wildman–Crippen MR) is 89.1 cm³/mol. The SMILES string of the molecule is O=C(Cc1c[nH]c2ccccc12)NCc1n[nH]c2c1CCCC2. The number of fused-ring (bicyclic) bond motifs is 2. The van der Waals surface area contributed by atoms with Crippen LogP contribution in [0, 0.1) is 0 Å². The van der Waals surface area contributed by atoms with Gasteiger partial charge in [0.2, 0.25) is 5.91 Å². The van der Waals surface area contributed by atoms with Gasteiger partial charge in [-0.2, -0.15) is 5.10 Å². The number of hydrogen-bond donors (Lipinski definition) is 3. The molecule has 0 aliphatic heterocycles. The number of aromatic nitrogens is 3. The molecular formula is C18H20N4O. The van der Waals surface area contributed by atoms with Gasteiger partial charge in [0.25, 0.3) is 0 Å². The molecule has 1 amide bonds. The van der Waals surface area contributed by atoms with Crippen LogP contribution in [-0.4, -0.2) is 21.1 Å². The summed E-state index contributed by atoms with van der Waals surface area (Å²) in [6.07, 6.45) is 6.88. The summed E-state index contributed by atoms with van der Waals surface area (Å²) < 4.78 is 0. The van der Waals surface area contributed by atoms with Crippen molar-refractivity contribution in [3.63, 3.8) is 0 Å². The molecule has 5 heteroatoms. The Hall–Kier alpha value is -2.56. The fourth-order valence-corrected chi connectivity index (χ4v) is 3.39. The quantitative estimate of drug-likeness (QED) is 0.693. The summed E-state index contributed by atoms with van der Waals surface area (Å²) in [5, 5.41) is 11.6. The minimum Gasteiger partial charge on any atom is -0.361 e. The Morgan fingerprint density at radius 2 is 2.09 bits per heavy atom. The summed E-state index contributed by atoms with van der Waals surface area (Å²) in [6, 6.07) is 8.04. The van der Waals surface area contributed by atoms with Gasteiger partial charge in [-0.05, 0) is 42.9 Å². The van der Waals surface area contributed by atoms with E-state index in [9.17, 15) is 4.79 Å². The van der Waals surface area contributed by atoms with Gasteiger partial charge in [0.15, 0.2) is 0 Å². The zero-order valence-electron chi connectivity index (χ0n) is 13.0. The highest BCUT2D eigenvalue weighted by Crippen LogP contribution is 2.22. The van der Waals surface area contributed by atoms with Crippen molar-refractivity contribution in [2.24, 2.45) is 0 Å². The van der Waals surface area contributed by atoms with Crippen LogP contribution in [0.1, 0.15) is 35.4 Å². The van der Waals surface area contributed by atoms with Gasteiger partial charge in [0.1, 0.15) is 0 Å². The molecule has 1 aliphatic rings. The van der Waals surface area contributed by atoms with Gasteiger partial charge in [0, 0.05) is 22.8 Å².